The SMILES string of the molecule is Cc1c(O)c(N)c(N)n1C. The fourth-order valence-electron chi connectivity index (χ4n) is 0.836. The molecule has 1 aromatic heterocycles. The first-order chi connectivity index (χ1) is 4.55. The lowest BCUT2D eigenvalue weighted by Crippen LogP contribution is -1.99. The molecule has 0 saturated heterocycles. The van der Waals surface area contributed by atoms with Crippen molar-refractivity contribution in [2.75, 3.05) is 11.5 Å². The number of aromatic nitrogens is 1. The van der Waals surface area contributed by atoms with Crippen molar-refractivity contribution in [2.24, 2.45) is 7.05 Å². The molecule has 0 radical (unpaired) electrons. The highest BCUT2D eigenvalue weighted by molar-refractivity contribution is 5.70. The van der Waals surface area contributed by atoms with Gasteiger partial charge in [-0.25, -0.2) is 0 Å². The highest BCUT2D eigenvalue weighted by atomic mass is 16.3. The van der Waals surface area contributed by atoms with Crippen LogP contribution in [0.4, 0.5) is 11.5 Å². The van der Waals surface area contributed by atoms with Crippen molar-refractivity contribution in [2.45, 2.75) is 6.92 Å². The van der Waals surface area contributed by atoms with Gasteiger partial charge in [-0.1, -0.05) is 0 Å². The van der Waals surface area contributed by atoms with Gasteiger partial charge in [0.05, 0.1) is 5.69 Å². The van der Waals surface area contributed by atoms with E-state index in [1.54, 1.807) is 18.5 Å². The molecule has 1 rings (SSSR count). The van der Waals surface area contributed by atoms with Gasteiger partial charge in [0, 0.05) is 7.05 Å². The van der Waals surface area contributed by atoms with Gasteiger partial charge in [0.25, 0.3) is 0 Å². The van der Waals surface area contributed by atoms with Crippen LogP contribution in [0.2, 0.25) is 0 Å². The molecule has 0 aliphatic rings. The molecule has 0 bridgehead atoms. The Bertz CT molecular complexity index is 184. The molecular weight excluding hydrogens is 130 g/mol. The van der Waals surface area contributed by atoms with Crippen molar-refractivity contribution >= 4 is 11.5 Å². The summed E-state index contributed by atoms with van der Waals surface area (Å²) in [6.45, 7) is 1.75. The third kappa shape index (κ3) is 0.618. The number of hydrogen-bond acceptors (Lipinski definition) is 3. The highest BCUT2D eigenvalue weighted by Gasteiger charge is 2.11. The summed E-state index contributed by atoms with van der Waals surface area (Å²) in [6.07, 6.45) is 0. The number of hydrogen-bond donors (Lipinski definition) is 3. The molecule has 0 aliphatic heterocycles. The minimum Gasteiger partial charge on any atom is -0.504 e. The lowest BCUT2D eigenvalue weighted by Gasteiger charge is -1.96. The van der Waals surface area contributed by atoms with Crippen LogP contribution in [0.1, 0.15) is 5.69 Å². The molecule has 4 heteroatoms. The molecule has 0 aromatic carbocycles. The molecule has 1 heterocycles. The Morgan fingerprint density at radius 1 is 1.40 bits per heavy atom. The molecule has 56 valence electrons. The smallest absolute Gasteiger partial charge is 0.161 e. The van der Waals surface area contributed by atoms with E-state index >= 15 is 0 Å². The van der Waals surface area contributed by atoms with Crippen LogP contribution in [0.3, 0.4) is 0 Å². The fourth-order valence-corrected chi connectivity index (χ4v) is 0.836. The maximum absolute atomic E-state index is 9.18. The van der Waals surface area contributed by atoms with Gasteiger partial charge in [0.2, 0.25) is 0 Å². The Morgan fingerprint density at radius 2 is 1.90 bits per heavy atom. The molecule has 0 aliphatic carbocycles. The molecule has 4 nitrogen and oxygen atoms in total. The average Bonchev–Trinajstić information content (AvgIpc) is 2.07. The molecule has 5 N–H and O–H groups in total. The van der Waals surface area contributed by atoms with Crippen LogP contribution in [0, 0.1) is 6.92 Å². The fraction of sp³-hybridized carbons (Fsp3) is 0.333. The van der Waals surface area contributed by atoms with E-state index in [1.165, 1.54) is 0 Å². The van der Waals surface area contributed by atoms with Gasteiger partial charge >= 0.3 is 0 Å². The van der Waals surface area contributed by atoms with E-state index in [-0.39, 0.29) is 11.4 Å². The maximum atomic E-state index is 9.18. The summed E-state index contributed by atoms with van der Waals surface area (Å²) < 4.78 is 1.64. The predicted octanol–water partition coefficient (Wildman–Crippen LogP) is 0.204. The van der Waals surface area contributed by atoms with Crippen LogP contribution < -0.4 is 11.5 Å². The second-order valence-corrected chi connectivity index (χ2v) is 2.29. The third-order valence-electron chi connectivity index (χ3n) is 1.74. The second-order valence-electron chi connectivity index (χ2n) is 2.29. The molecule has 0 amide bonds. The van der Waals surface area contributed by atoms with E-state index in [2.05, 4.69) is 0 Å². The van der Waals surface area contributed by atoms with Crippen LogP contribution in [-0.2, 0) is 7.05 Å². The van der Waals surface area contributed by atoms with Crippen LogP contribution in [0.5, 0.6) is 5.75 Å². The molecule has 0 saturated carbocycles. The van der Waals surface area contributed by atoms with Gasteiger partial charge in [-0.3, -0.25) is 0 Å². The largest absolute Gasteiger partial charge is 0.504 e. The zero-order chi connectivity index (χ0) is 7.89. The van der Waals surface area contributed by atoms with Gasteiger partial charge < -0.3 is 21.1 Å². The van der Waals surface area contributed by atoms with E-state index in [0.29, 0.717) is 11.5 Å². The van der Waals surface area contributed by atoms with E-state index in [4.69, 9.17) is 11.5 Å². The Morgan fingerprint density at radius 3 is 2.00 bits per heavy atom. The quantitative estimate of drug-likeness (QED) is 0.483. The Labute approximate surface area is 59.1 Å². The molecule has 1 aromatic rings. The molecule has 0 atom stereocenters. The van der Waals surface area contributed by atoms with Gasteiger partial charge in [-0.15, -0.1) is 0 Å². The van der Waals surface area contributed by atoms with Gasteiger partial charge in [0.1, 0.15) is 11.5 Å². The Balaban J connectivity index is 3.44. The minimum absolute atomic E-state index is 0.0833. The van der Waals surface area contributed by atoms with Crippen molar-refractivity contribution in [1.29, 1.82) is 0 Å². The molecule has 0 spiro atoms. The zero-order valence-electron chi connectivity index (χ0n) is 6.05. The van der Waals surface area contributed by atoms with Gasteiger partial charge in [0.15, 0.2) is 5.75 Å². The first kappa shape index (κ1) is 6.80. The summed E-state index contributed by atoms with van der Waals surface area (Å²) >= 11 is 0. The van der Waals surface area contributed by atoms with Gasteiger partial charge in [-0.2, -0.15) is 0 Å². The van der Waals surface area contributed by atoms with Crippen molar-refractivity contribution in [1.82, 2.24) is 4.57 Å². The number of anilines is 2. The van der Waals surface area contributed by atoms with Gasteiger partial charge in [-0.05, 0) is 6.92 Å². The van der Waals surface area contributed by atoms with E-state index in [0.717, 1.165) is 0 Å². The number of aromatic hydroxyl groups is 1. The number of nitrogens with zero attached hydrogens (tertiary/aromatic N) is 1. The van der Waals surface area contributed by atoms with Crippen LogP contribution >= 0.6 is 0 Å². The molecule has 10 heavy (non-hydrogen) atoms. The first-order valence-electron chi connectivity index (χ1n) is 2.95. The minimum atomic E-state index is 0.0833. The van der Waals surface area contributed by atoms with Crippen LogP contribution in [0.15, 0.2) is 0 Å². The zero-order valence-corrected chi connectivity index (χ0v) is 6.05. The second kappa shape index (κ2) is 1.83. The predicted molar refractivity (Wildman–Crippen MR) is 40.6 cm³/mol. The lowest BCUT2D eigenvalue weighted by molar-refractivity contribution is 0.471. The normalized spacial score (nSPS) is 10.2. The van der Waals surface area contributed by atoms with E-state index in [1.807, 2.05) is 0 Å². The Hall–Kier alpha value is -1.32. The number of nitrogen functional groups attached to an aromatic ring is 2. The Kier molecular flexibility index (Phi) is 1.24. The molecular formula is C6H11N3O. The topological polar surface area (TPSA) is 77.2 Å². The summed E-state index contributed by atoms with van der Waals surface area (Å²) in [5.41, 5.74) is 11.8. The van der Waals surface area contributed by atoms with Crippen molar-refractivity contribution in [3.8, 4) is 5.75 Å². The number of nitrogens with two attached hydrogens (primary N) is 2. The summed E-state index contributed by atoms with van der Waals surface area (Å²) in [5.74, 6) is 0.495. The highest BCUT2D eigenvalue weighted by Crippen LogP contribution is 2.31. The van der Waals surface area contributed by atoms with Crippen LogP contribution in [0.25, 0.3) is 0 Å². The van der Waals surface area contributed by atoms with E-state index in [9.17, 15) is 5.11 Å². The van der Waals surface area contributed by atoms with E-state index < -0.39 is 0 Å². The molecule has 0 unspecified atom stereocenters. The van der Waals surface area contributed by atoms with Crippen LogP contribution in [-0.4, -0.2) is 9.67 Å². The standard InChI is InChI=1S/C6H11N3O/c1-3-5(10)4(7)6(8)9(3)2/h10H,7-8H2,1-2H3. The van der Waals surface area contributed by atoms with Crippen molar-refractivity contribution < 1.29 is 5.11 Å². The first-order valence-corrected chi connectivity index (χ1v) is 2.95. The molecule has 0 fully saturated rings. The summed E-state index contributed by atoms with van der Waals surface area (Å²) in [4.78, 5) is 0. The summed E-state index contributed by atoms with van der Waals surface area (Å²) in [7, 11) is 1.75. The number of rotatable bonds is 0. The summed E-state index contributed by atoms with van der Waals surface area (Å²) in [6, 6.07) is 0. The average molecular weight is 141 g/mol. The maximum Gasteiger partial charge on any atom is 0.161 e. The van der Waals surface area contributed by atoms with Crippen molar-refractivity contribution in [3.63, 3.8) is 0 Å². The lowest BCUT2D eigenvalue weighted by atomic mass is 10.4. The third-order valence-corrected chi connectivity index (χ3v) is 1.74. The monoisotopic (exact) mass is 141 g/mol. The summed E-state index contributed by atoms with van der Waals surface area (Å²) in [5, 5.41) is 9.18. The van der Waals surface area contributed by atoms with Crippen molar-refractivity contribution in [3.05, 3.63) is 5.69 Å².